The van der Waals surface area contributed by atoms with Crippen LogP contribution >= 0.6 is 11.3 Å². The summed E-state index contributed by atoms with van der Waals surface area (Å²) in [5.41, 5.74) is 7.52. The number of hydrogen-bond acceptors (Lipinski definition) is 5. The number of nitrogens with zero attached hydrogens (tertiary/aromatic N) is 2. The topological polar surface area (TPSA) is 54.4 Å². The van der Waals surface area contributed by atoms with E-state index >= 15 is 0 Å². The lowest BCUT2D eigenvalue weighted by Crippen LogP contribution is -2.10. The van der Waals surface area contributed by atoms with Gasteiger partial charge in [-0.05, 0) is 29.2 Å². The fourth-order valence-electron chi connectivity index (χ4n) is 2.88. The number of hydrogen-bond donors (Lipinski definition) is 1. The molecule has 24 heavy (non-hydrogen) atoms. The van der Waals surface area contributed by atoms with Crippen LogP contribution in [-0.2, 0) is 6.42 Å². The Hall–Kier alpha value is -2.53. The van der Waals surface area contributed by atoms with Gasteiger partial charge in [-0.2, -0.15) is 5.10 Å². The van der Waals surface area contributed by atoms with Gasteiger partial charge in [0.05, 0.1) is 10.2 Å². The molecule has 2 aromatic carbocycles. The molecule has 3 aromatic rings. The molecule has 4 rings (SSSR count). The summed E-state index contributed by atoms with van der Waals surface area (Å²) in [5, 5.41) is 5.03. The molecule has 0 radical (unpaired) electrons. The third kappa shape index (κ3) is 2.61. The number of para-hydroxylation sites is 1. The first-order chi connectivity index (χ1) is 11.6. The SMILES string of the molecule is CC(C)c1ccc2c(c1)C/C(=N/Nc1nc3ccccc3s1)C2=O. The van der Waals surface area contributed by atoms with Gasteiger partial charge < -0.3 is 0 Å². The number of hydrazone groups is 1. The Morgan fingerprint density at radius 3 is 2.83 bits per heavy atom. The van der Waals surface area contributed by atoms with Crippen molar-refractivity contribution in [1.82, 2.24) is 4.98 Å². The highest BCUT2D eigenvalue weighted by molar-refractivity contribution is 7.22. The number of carbonyl (C=O) groups is 1. The molecule has 0 aliphatic heterocycles. The molecule has 1 aromatic heterocycles. The van der Waals surface area contributed by atoms with Crippen LogP contribution in [-0.4, -0.2) is 16.5 Å². The van der Waals surface area contributed by atoms with Crippen LogP contribution in [0.3, 0.4) is 0 Å². The molecule has 0 spiro atoms. The maximum atomic E-state index is 12.5. The Morgan fingerprint density at radius 2 is 2.04 bits per heavy atom. The lowest BCUT2D eigenvalue weighted by Gasteiger charge is -2.06. The van der Waals surface area contributed by atoms with Gasteiger partial charge in [0.25, 0.3) is 0 Å². The Labute approximate surface area is 144 Å². The summed E-state index contributed by atoms with van der Waals surface area (Å²) in [4.78, 5) is 17.0. The van der Waals surface area contributed by atoms with E-state index in [1.54, 1.807) is 0 Å². The van der Waals surface area contributed by atoms with Crippen molar-refractivity contribution in [3.05, 3.63) is 59.2 Å². The number of ketones is 1. The molecular weight excluding hydrogens is 318 g/mol. The minimum absolute atomic E-state index is 0.00826. The van der Waals surface area contributed by atoms with Crippen LogP contribution in [0.15, 0.2) is 47.6 Å². The Kier molecular flexibility index (Phi) is 3.65. The highest BCUT2D eigenvalue weighted by Crippen LogP contribution is 2.27. The molecule has 4 nitrogen and oxygen atoms in total. The number of nitrogens with one attached hydrogen (secondary N) is 1. The lowest BCUT2D eigenvalue weighted by atomic mass is 9.98. The third-order valence-electron chi connectivity index (χ3n) is 4.24. The second-order valence-electron chi connectivity index (χ2n) is 6.23. The lowest BCUT2D eigenvalue weighted by molar-refractivity contribution is 0.106. The maximum Gasteiger partial charge on any atom is 0.209 e. The van der Waals surface area contributed by atoms with E-state index in [2.05, 4.69) is 35.4 Å². The first-order valence-electron chi connectivity index (χ1n) is 7.97. The molecule has 1 aliphatic carbocycles. The number of Topliss-reactive ketones (excluding diaryl/α,β-unsaturated/α-hetero) is 1. The van der Waals surface area contributed by atoms with Gasteiger partial charge in [-0.25, -0.2) is 4.98 Å². The number of fused-ring (bicyclic) bond motifs is 2. The van der Waals surface area contributed by atoms with Gasteiger partial charge in [-0.1, -0.05) is 55.5 Å². The maximum absolute atomic E-state index is 12.5. The van der Waals surface area contributed by atoms with Crippen LogP contribution in [0.5, 0.6) is 0 Å². The number of benzene rings is 2. The molecule has 1 N–H and O–H groups in total. The minimum atomic E-state index is 0.00826. The Bertz CT molecular complexity index is 939. The summed E-state index contributed by atoms with van der Waals surface area (Å²) < 4.78 is 1.10. The molecule has 0 unspecified atom stereocenters. The van der Waals surface area contributed by atoms with Crippen LogP contribution in [0.1, 0.15) is 41.3 Å². The van der Waals surface area contributed by atoms with Crippen molar-refractivity contribution >= 4 is 38.2 Å². The second kappa shape index (κ2) is 5.83. The zero-order valence-electron chi connectivity index (χ0n) is 13.5. The Morgan fingerprint density at radius 1 is 1.21 bits per heavy atom. The van der Waals surface area contributed by atoms with E-state index in [9.17, 15) is 4.79 Å². The van der Waals surface area contributed by atoms with E-state index in [4.69, 9.17) is 0 Å². The van der Waals surface area contributed by atoms with Gasteiger partial charge in [0.15, 0.2) is 0 Å². The van der Waals surface area contributed by atoms with E-state index in [-0.39, 0.29) is 5.78 Å². The highest BCUT2D eigenvalue weighted by Gasteiger charge is 2.27. The van der Waals surface area contributed by atoms with E-state index < -0.39 is 0 Å². The molecular formula is C19H17N3OS. The van der Waals surface area contributed by atoms with Gasteiger partial charge in [0.2, 0.25) is 10.9 Å². The molecule has 0 saturated carbocycles. The van der Waals surface area contributed by atoms with Gasteiger partial charge in [0.1, 0.15) is 5.71 Å². The smallest absolute Gasteiger partial charge is 0.209 e. The fourth-order valence-corrected chi connectivity index (χ4v) is 3.69. The number of carbonyl (C=O) groups excluding carboxylic acids is 1. The van der Waals surface area contributed by atoms with Crippen LogP contribution in [0, 0.1) is 0 Å². The Balaban J connectivity index is 1.58. The first-order valence-corrected chi connectivity index (χ1v) is 8.79. The average molecular weight is 335 g/mol. The summed E-state index contributed by atoms with van der Waals surface area (Å²) in [6.45, 7) is 4.31. The van der Waals surface area contributed by atoms with Crippen molar-refractivity contribution in [2.75, 3.05) is 5.43 Å². The quantitative estimate of drug-likeness (QED) is 0.710. The predicted octanol–water partition coefficient (Wildman–Crippen LogP) is 4.63. The summed E-state index contributed by atoms with van der Waals surface area (Å²) in [7, 11) is 0. The molecule has 1 aliphatic rings. The molecule has 0 fully saturated rings. The van der Waals surface area contributed by atoms with Crippen molar-refractivity contribution < 1.29 is 4.79 Å². The number of thiazole rings is 1. The molecule has 0 amide bonds. The van der Waals surface area contributed by atoms with Gasteiger partial charge >= 0.3 is 0 Å². The number of rotatable bonds is 3. The number of anilines is 1. The van der Waals surface area contributed by atoms with Crippen molar-refractivity contribution in [2.45, 2.75) is 26.2 Å². The largest absolute Gasteiger partial charge is 0.287 e. The fraction of sp³-hybridized carbons (Fsp3) is 0.211. The molecule has 0 saturated heterocycles. The summed E-state index contributed by atoms with van der Waals surface area (Å²) in [6, 6.07) is 14.0. The van der Waals surface area contributed by atoms with Crippen molar-refractivity contribution in [2.24, 2.45) is 5.10 Å². The molecule has 120 valence electrons. The third-order valence-corrected chi connectivity index (χ3v) is 5.18. The normalized spacial score (nSPS) is 15.5. The highest BCUT2D eigenvalue weighted by atomic mass is 32.1. The van der Waals surface area contributed by atoms with Crippen LogP contribution < -0.4 is 5.43 Å². The average Bonchev–Trinajstić information content (AvgIpc) is 3.13. The van der Waals surface area contributed by atoms with Crippen LogP contribution in [0.25, 0.3) is 10.2 Å². The predicted molar refractivity (Wildman–Crippen MR) is 99.2 cm³/mol. The molecule has 0 atom stereocenters. The van der Waals surface area contributed by atoms with Crippen molar-refractivity contribution in [3.63, 3.8) is 0 Å². The minimum Gasteiger partial charge on any atom is -0.287 e. The van der Waals surface area contributed by atoms with Gasteiger partial charge in [-0.3, -0.25) is 10.2 Å². The number of aromatic nitrogens is 1. The summed E-state index contributed by atoms with van der Waals surface area (Å²) in [6.07, 6.45) is 0.576. The van der Waals surface area contributed by atoms with Crippen LogP contribution in [0.2, 0.25) is 0 Å². The monoisotopic (exact) mass is 335 g/mol. The van der Waals surface area contributed by atoms with E-state index in [0.717, 1.165) is 21.3 Å². The summed E-state index contributed by atoms with van der Waals surface area (Å²) in [5.74, 6) is 0.459. The zero-order chi connectivity index (χ0) is 16.7. The molecule has 5 heteroatoms. The molecule has 1 heterocycles. The van der Waals surface area contributed by atoms with Crippen LogP contribution in [0.4, 0.5) is 5.13 Å². The zero-order valence-corrected chi connectivity index (χ0v) is 14.4. The second-order valence-corrected chi connectivity index (χ2v) is 7.26. The first kappa shape index (κ1) is 15.0. The van der Waals surface area contributed by atoms with Crippen molar-refractivity contribution in [1.29, 1.82) is 0 Å². The summed E-state index contributed by atoms with van der Waals surface area (Å²) >= 11 is 1.53. The van der Waals surface area contributed by atoms with Gasteiger partial charge in [-0.15, -0.1) is 0 Å². The molecule has 0 bridgehead atoms. The van der Waals surface area contributed by atoms with E-state index in [1.165, 1.54) is 16.9 Å². The van der Waals surface area contributed by atoms with E-state index in [1.807, 2.05) is 36.4 Å². The standard InChI is InChI=1S/C19H17N3OS/c1-11(2)12-7-8-14-13(9-12)10-16(18(14)23)21-22-19-20-15-5-3-4-6-17(15)24-19/h3-9,11H,10H2,1-2H3,(H,20,22)/b21-16-. The van der Waals surface area contributed by atoms with Crippen molar-refractivity contribution in [3.8, 4) is 0 Å². The van der Waals surface area contributed by atoms with E-state index in [0.29, 0.717) is 23.2 Å². The van der Waals surface area contributed by atoms with Gasteiger partial charge in [0, 0.05) is 12.0 Å².